The molecule has 0 saturated carbocycles. The zero-order valence-electron chi connectivity index (χ0n) is 14.4. The Labute approximate surface area is 142 Å². The van der Waals surface area contributed by atoms with Crippen LogP contribution in [0, 0.1) is 6.92 Å². The molecule has 2 N–H and O–H groups in total. The number of β-amino-alcohol motifs (C(OH)–C–C–N with tert-alkyl or cyclic N) is 1. The molecular formula is C19H25N3O2. The molecule has 1 aliphatic heterocycles. The number of aliphatic hydroxyl groups is 1. The molecule has 5 nitrogen and oxygen atoms in total. The van der Waals surface area contributed by atoms with E-state index >= 15 is 0 Å². The SMILES string of the molecule is CC[C@@H](O)CN1CCc2nc(Cc3ccccc3C)[nH]c(=O)c2C1. The van der Waals surface area contributed by atoms with Crippen LogP contribution in [-0.4, -0.2) is 39.2 Å². The van der Waals surface area contributed by atoms with E-state index in [0.29, 0.717) is 19.5 Å². The highest BCUT2D eigenvalue weighted by molar-refractivity contribution is 5.29. The first-order valence-electron chi connectivity index (χ1n) is 8.62. The van der Waals surface area contributed by atoms with Crippen molar-refractivity contribution in [1.82, 2.24) is 14.9 Å². The average molecular weight is 327 g/mol. The number of H-pyrrole nitrogens is 1. The van der Waals surface area contributed by atoms with Gasteiger partial charge < -0.3 is 10.1 Å². The summed E-state index contributed by atoms with van der Waals surface area (Å²) < 4.78 is 0. The first kappa shape index (κ1) is 16.9. The molecule has 5 heteroatoms. The second kappa shape index (κ2) is 7.28. The van der Waals surface area contributed by atoms with Crippen molar-refractivity contribution in [3.8, 4) is 0 Å². The Hall–Kier alpha value is -1.98. The van der Waals surface area contributed by atoms with Gasteiger partial charge in [0.1, 0.15) is 5.82 Å². The lowest BCUT2D eigenvalue weighted by Gasteiger charge is -2.29. The number of hydrogen-bond donors (Lipinski definition) is 2. The number of rotatable bonds is 5. The fourth-order valence-electron chi connectivity index (χ4n) is 3.19. The Morgan fingerprint density at radius 3 is 2.92 bits per heavy atom. The van der Waals surface area contributed by atoms with E-state index < -0.39 is 0 Å². The van der Waals surface area contributed by atoms with Crippen molar-refractivity contribution in [2.24, 2.45) is 0 Å². The van der Waals surface area contributed by atoms with Gasteiger partial charge in [-0.15, -0.1) is 0 Å². The average Bonchev–Trinajstić information content (AvgIpc) is 2.57. The van der Waals surface area contributed by atoms with Crippen LogP contribution in [-0.2, 0) is 19.4 Å². The Morgan fingerprint density at radius 2 is 2.17 bits per heavy atom. The third-order valence-corrected chi connectivity index (χ3v) is 4.76. The topological polar surface area (TPSA) is 69.2 Å². The molecule has 128 valence electrons. The van der Waals surface area contributed by atoms with E-state index in [1.54, 1.807) is 0 Å². The maximum atomic E-state index is 12.5. The molecule has 0 fully saturated rings. The number of aliphatic hydroxyl groups excluding tert-OH is 1. The maximum absolute atomic E-state index is 12.5. The van der Waals surface area contributed by atoms with Crippen LogP contribution >= 0.6 is 0 Å². The summed E-state index contributed by atoms with van der Waals surface area (Å²) in [5.74, 6) is 0.732. The smallest absolute Gasteiger partial charge is 0.255 e. The number of nitrogens with zero attached hydrogens (tertiary/aromatic N) is 2. The lowest BCUT2D eigenvalue weighted by atomic mass is 10.0. The fraction of sp³-hybridized carbons (Fsp3) is 0.474. The fourth-order valence-corrected chi connectivity index (χ4v) is 3.19. The highest BCUT2D eigenvalue weighted by Crippen LogP contribution is 2.16. The van der Waals surface area contributed by atoms with Crippen molar-refractivity contribution in [2.45, 2.75) is 45.8 Å². The summed E-state index contributed by atoms with van der Waals surface area (Å²) in [4.78, 5) is 22.3. The van der Waals surface area contributed by atoms with E-state index in [-0.39, 0.29) is 11.7 Å². The molecule has 0 radical (unpaired) electrons. The molecule has 2 heterocycles. The van der Waals surface area contributed by atoms with Gasteiger partial charge in [0.05, 0.1) is 17.4 Å². The van der Waals surface area contributed by atoms with Crippen LogP contribution in [0.25, 0.3) is 0 Å². The minimum atomic E-state index is -0.334. The minimum absolute atomic E-state index is 0.0423. The van der Waals surface area contributed by atoms with Crippen molar-refractivity contribution < 1.29 is 5.11 Å². The zero-order valence-corrected chi connectivity index (χ0v) is 14.4. The Kier molecular flexibility index (Phi) is 5.11. The second-order valence-corrected chi connectivity index (χ2v) is 6.59. The van der Waals surface area contributed by atoms with Crippen LogP contribution in [0.1, 0.15) is 41.6 Å². The van der Waals surface area contributed by atoms with Crippen molar-refractivity contribution in [2.75, 3.05) is 13.1 Å². The molecular weight excluding hydrogens is 302 g/mol. The summed E-state index contributed by atoms with van der Waals surface area (Å²) >= 11 is 0. The van der Waals surface area contributed by atoms with E-state index in [1.165, 1.54) is 11.1 Å². The predicted octanol–water partition coefficient (Wildman–Crippen LogP) is 1.80. The highest BCUT2D eigenvalue weighted by atomic mass is 16.3. The number of aromatic nitrogens is 2. The standard InChI is InChI=1S/C19H25N3O2/c1-3-15(23)11-22-9-8-17-16(12-22)19(24)21-18(20-17)10-14-7-5-4-6-13(14)2/h4-7,15,23H,3,8-12H2,1-2H3,(H,20,21,24)/t15-/m1/s1. The number of nitrogens with one attached hydrogen (secondary N) is 1. The molecule has 0 aliphatic carbocycles. The van der Waals surface area contributed by atoms with Gasteiger partial charge in [0.2, 0.25) is 0 Å². The van der Waals surface area contributed by atoms with Gasteiger partial charge in [-0.05, 0) is 24.5 Å². The summed E-state index contributed by atoms with van der Waals surface area (Å²) in [5.41, 5.74) is 4.00. The van der Waals surface area contributed by atoms with Crippen LogP contribution in [0.5, 0.6) is 0 Å². The van der Waals surface area contributed by atoms with Crippen LogP contribution in [0.2, 0.25) is 0 Å². The summed E-state index contributed by atoms with van der Waals surface area (Å²) in [6.45, 7) is 6.06. The number of fused-ring (bicyclic) bond motifs is 1. The molecule has 1 atom stereocenters. The van der Waals surface area contributed by atoms with Crippen molar-refractivity contribution in [3.05, 3.63) is 62.8 Å². The lowest BCUT2D eigenvalue weighted by Crippen LogP contribution is -2.40. The van der Waals surface area contributed by atoms with E-state index in [9.17, 15) is 9.90 Å². The summed E-state index contributed by atoms with van der Waals surface area (Å²) in [6.07, 6.45) is 1.80. The van der Waals surface area contributed by atoms with Crippen LogP contribution in [0.4, 0.5) is 0 Å². The quantitative estimate of drug-likeness (QED) is 0.878. The molecule has 2 aromatic rings. The minimum Gasteiger partial charge on any atom is -0.392 e. The molecule has 1 aliphatic rings. The van der Waals surface area contributed by atoms with Crippen LogP contribution < -0.4 is 5.56 Å². The molecule has 0 amide bonds. The highest BCUT2D eigenvalue weighted by Gasteiger charge is 2.22. The Morgan fingerprint density at radius 1 is 1.38 bits per heavy atom. The Bertz CT molecular complexity index is 769. The molecule has 1 aromatic carbocycles. The maximum Gasteiger partial charge on any atom is 0.255 e. The van der Waals surface area contributed by atoms with Gasteiger partial charge in [0, 0.05) is 32.5 Å². The van der Waals surface area contributed by atoms with Crippen LogP contribution in [0.15, 0.2) is 29.1 Å². The predicted molar refractivity (Wildman–Crippen MR) is 94.1 cm³/mol. The molecule has 0 saturated heterocycles. The largest absolute Gasteiger partial charge is 0.392 e. The molecule has 0 unspecified atom stereocenters. The van der Waals surface area contributed by atoms with Gasteiger partial charge in [-0.25, -0.2) is 4.98 Å². The van der Waals surface area contributed by atoms with Gasteiger partial charge in [-0.3, -0.25) is 9.69 Å². The van der Waals surface area contributed by atoms with E-state index in [4.69, 9.17) is 4.98 Å². The number of aromatic amines is 1. The summed E-state index contributed by atoms with van der Waals surface area (Å²) in [6, 6.07) is 8.17. The number of benzene rings is 1. The molecule has 24 heavy (non-hydrogen) atoms. The normalized spacial score (nSPS) is 16.0. The van der Waals surface area contributed by atoms with Gasteiger partial charge in [-0.2, -0.15) is 0 Å². The molecule has 1 aromatic heterocycles. The molecule has 3 rings (SSSR count). The second-order valence-electron chi connectivity index (χ2n) is 6.59. The zero-order chi connectivity index (χ0) is 17.1. The number of hydrogen-bond acceptors (Lipinski definition) is 4. The third kappa shape index (κ3) is 3.74. The first-order valence-corrected chi connectivity index (χ1v) is 8.62. The first-order chi connectivity index (χ1) is 11.6. The van der Waals surface area contributed by atoms with Gasteiger partial charge >= 0.3 is 0 Å². The number of aryl methyl sites for hydroxylation is 1. The van der Waals surface area contributed by atoms with Crippen molar-refractivity contribution in [3.63, 3.8) is 0 Å². The van der Waals surface area contributed by atoms with Crippen molar-refractivity contribution >= 4 is 0 Å². The van der Waals surface area contributed by atoms with Crippen molar-refractivity contribution in [1.29, 1.82) is 0 Å². The summed E-state index contributed by atoms with van der Waals surface area (Å²) in [7, 11) is 0. The van der Waals surface area contributed by atoms with E-state index in [2.05, 4.69) is 28.9 Å². The third-order valence-electron chi connectivity index (χ3n) is 4.76. The summed E-state index contributed by atoms with van der Waals surface area (Å²) in [5, 5.41) is 9.82. The van der Waals surface area contributed by atoms with E-state index in [0.717, 1.165) is 36.5 Å². The van der Waals surface area contributed by atoms with Gasteiger partial charge in [-0.1, -0.05) is 31.2 Å². The monoisotopic (exact) mass is 327 g/mol. The Balaban J connectivity index is 1.80. The lowest BCUT2D eigenvalue weighted by molar-refractivity contribution is 0.102. The van der Waals surface area contributed by atoms with Gasteiger partial charge in [0.25, 0.3) is 5.56 Å². The van der Waals surface area contributed by atoms with E-state index in [1.807, 2.05) is 19.1 Å². The van der Waals surface area contributed by atoms with Gasteiger partial charge in [0.15, 0.2) is 0 Å². The molecule has 0 bridgehead atoms. The molecule has 0 spiro atoms. The van der Waals surface area contributed by atoms with Crippen LogP contribution in [0.3, 0.4) is 0 Å².